The zero-order chi connectivity index (χ0) is 12.3. The Bertz CT molecular complexity index is 417. The van der Waals surface area contributed by atoms with Crippen molar-refractivity contribution in [3.63, 3.8) is 0 Å². The van der Waals surface area contributed by atoms with Crippen LogP contribution in [0.3, 0.4) is 0 Å². The molecule has 1 unspecified atom stereocenters. The maximum Gasteiger partial charge on any atom is 0.246 e. The van der Waals surface area contributed by atoms with E-state index < -0.39 is 5.54 Å². The second-order valence-electron chi connectivity index (χ2n) is 4.14. The second-order valence-corrected chi connectivity index (χ2v) is 5.02. The molecule has 1 aliphatic rings. The maximum absolute atomic E-state index is 12.0. The Morgan fingerprint density at radius 3 is 3.06 bits per heavy atom. The Kier molecular flexibility index (Phi) is 3.71. The fourth-order valence-electron chi connectivity index (χ4n) is 1.72. The monoisotopic (exact) mass is 252 g/mol. The van der Waals surface area contributed by atoms with Crippen molar-refractivity contribution in [3.8, 4) is 0 Å². The average Bonchev–Trinajstić information content (AvgIpc) is 2.78. The largest absolute Gasteiger partial charge is 0.379 e. The first-order valence-corrected chi connectivity index (χ1v) is 6.69. The molecular formula is C12H16N2O2S. The first-order valence-electron chi connectivity index (χ1n) is 5.46. The normalized spacial score (nSPS) is 23.6. The number of hydrogen-bond acceptors (Lipinski definition) is 4. The van der Waals surface area contributed by atoms with E-state index in [9.17, 15) is 4.79 Å². The lowest BCUT2D eigenvalue weighted by atomic mass is 9.99. The highest BCUT2D eigenvalue weighted by Crippen LogP contribution is 2.21. The van der Waals surface area contributed by atoms with Gasteiger partial charge in [-0.25, -0.2) is 0 Å². The number of nitrogens with one attached hydrogen (secondary N) is 1. The van der Waals surface area contributed by atoms with Gasteiger partial charge in [0.05, 0.1) is 6.61 Å². The van der Waals surface area contributed by atoms with Gasteiger partial charge in [0.2, 0.25) is 5.91 Å². The van der Waals surface area contributed by atoms with E-state index in [0.717, 1.165) is 10.6 Å². The topological polar surface area (TPSA) is 64.4 Å². The molecule has 1 fully saturated rings. The number of carbonyl (C=O) groups excluding carboxylic acids is 1. The van der Waals surface area contributed by atoms with Gasteiger partial charge in [-0.2, -0.15) is 0 Å². The summed E-state index contributed by atoms with van der Waals surface area (Å²) in [5.41, 5.74) is 5.88. The van der Waals surface area contributed by atoms with Crippen LogP contribution in [0.1, 0.15) is 6.42 Å². The molecule has 0 saturated carbocycles. The summed E-state index contributed by atoms with van der Waals surface area (Å²) in [6, 6.07) is 7.70. The Morgan fingerprint density at radius 1 is 1.59 bits per heavy atom. The molecule has 3 N–H and O–H groups in total. The van der Waals surface area contributed by atoms with Crippen LogP contribution in [0.25, 0.3) is 0 Å². The second kappa shape index (κ2) is 5.08. The van der Waals surface area contributed by atoms with E-state index in [4.69, 9.17) is 10.5 Å². The molecule has 0 spiro atoms. The zero-order valence-corrected chi connectivity index (χ0v) is 10.5. The summed E-state index contributed by atoms with van der Waals surface area (Å²) in [6.07, 6.45) is 2.57. The predicted molar refractivity (Wildman–Crippen MR) is 69.2 cm³/mol. The molecule has 1 amide bonds. The van der Waals surface area contributed by atoms with Gasteiger partial charge in [0, 0.05) is 17.2 Å². The first kappa shape index (κ1) is 12.4. The molecule has 1 aromatic rings. The van der Waals surface area contributed by atoms with E-state index in [0.29, 0.717) is 19.6 Å². The van der Waals surface area contributed by atoms with E-state index in [1.807, 2.05) is 30.5 Å². The van der Waals surface area contributed by atoms with Gasteiger partial charge in [0.15, 0.2) is 0 Å². The third-order valence-electron chi connectivity index (χ3n) is 2.83. The predicted octanol–water partition coefficient (Wildman–Crippen LogP) is 1.46. The van der Waals surface area contributed by atoms with Gasteiger partial charge in [-0.05, 0) is 30.9 Å². The van der Waals surface area contributed by atoms with E-state index in [1.54, 1.807) is 11.8 Å². The number of amides is 1. The number of hydrogen-bond donors (Lipinski definition) is 2. The van der Waals surface area contributed by atoms with Crippen LogP contribution in [-0.4, -0.2) is 30.9 Å². The van der Waals surface area contributed by atoms with Crippen LogP contribution in [0.5, 0.6) is 0 Å². The summed E-state index contributed by atoms with van der Waals surface area (Å²) in [7, 11) is 0. The first-order chi connectivity index (χ1) is 8.14. The van der Waals surface area contributed by atoms with Gasteiger partial charge in [-0.15, -0.1) is 11.8 Å². The average molecular weight is 252 g/mol. The minimum absolute atomic E-state index is 0.173. The quantitative estimate of drug-likeness (QED) is 0.799. The molecule has 0 radical (unpaired) electrons. The van der Waals surface area contributed by atoms with Gasteiger partial charge in [0.25, 0.3) is 0 Å². The summed E-state index contributed by atoms with van der Waals surface area (Å²) in [5, 5.41) is 2.84. The van der Waals surface area contributed by atoms with Gasteiger partial charge in [-0.3, -0.25) is 4.79 Å². The van der Waals surface area contributed by atoms with Crippen molar-refractivity contribution >= 4 is 23.4 Å². The fraction of sp³-hybridized carbons (Fsp3) is 0.417. The molecule has 1 heterocycles. The van der Waals surface area contributed by atoms with Gasteiger partial charge >= 0.3 is 0 Å². The summed E-state index contributed by atoms with van der Waals surface area (Å²) < 4.78 is 5.17. The SMILES string of the molecule is CSc1cccc(NC(=O)C2(N)CCOC2)c1. The minimum Gasteiger partial charge on any atom is -0.379 e. The van der Waals surface area contributed by atoms with E-state index in [2.05, 4.69) is 5.32 Å². The fourth-order valence-corrected chi connectivity index (χ4v) is 2.18. The van der Waals surface area contributed by atoms with Gasteiger partial charge < -0.3 is 15.8 Å². The van der Waals surface area contributed by atoms with Crippen LogP contribution in [0.4, 0.5) is 5.69 Å². The van der Waals surface area contributed by atoms with Crippen LogP contribution in [-0.2, 0) is 9.53 Å². The smallest absolute Gasteiger partial charge is 0.246 e. The molecule has 92 valence electrons. The number of benzene rings is 1. The highest BCUT2D eigenvalue weighted by Gasteiger charge is 2.38. The highest BCUT2D eigenvalue weighted by atomic mass is 32.2. The standard InChI is InChI=1S/C12H16N2O2S/c1-17-10-4-2-3-9(7-10)14-11(15)12(13)5-6-16-8-12/h2-4,7H,5-6,8,13H2,1H3,(H,14,15). The van der Waals surface area contributed by atoms with Crippen molar-refractivity contribution in [1.82, 2.24) is 0 Å². The molecule has 1 saturated heterocycles. The molecule has 17 heavy (non-hydrogen) atoms. The van der Waals surface area contributed by atoms with E-state index in [-0.39, 0.29) is 5.91 Å². The lowest BCUT2D eigenvalue weighted by Gasteiger charge is -2.20. The van der Waals surface area contributed by atoms with Gasteiger partial charge in [-0.1, -0.05) is 6.07 Å². The number of thioether (sulfide) groups is 1. The third-order valence-corrected chi connectivity index (χ3v) is 3.56. The number of rotatable bonds is 3. The Balaban J connectivity index is 2.07. The molecular weight excluding hydrogens is 236 g/mol. The molecule has 0 aliphatic carbocycles. The number of ether oxygens (including phenoxy) is 1. The minimum atomic E-state index is -0.880. The molecule has 2 rings (SSSR count). The van der Waals surface area contributed by atoms with Crippen molar-refractivity contribution in [2.24, 2.45) is 5.73 Å². The van der Waals surface area contributed by atoms with Crippen LogP contribution < -0.4 is 11.1 Å². The summed E-state index contributed by atoms with van der Waals surface area (Å²) >= 11 is 1.63. The number of nitrogens with two attached hydrogens (primary N) is 1. The summed E-state index contributed by atoms with van der Waals surface area (Å²) in [5.74, 6) is -0.173. The Hall–Kier alpha value is -1.04. The molecule has 5 heteroatoms. The van der Waals surface area contributed by atoms with E-state index >= 15 is 0 Å². The van der Waals surface area contributed by atoms with Crippen LogP contribution in [0, 0.1) is 0 Å². The Labute approximate surface area is 105 Å². The van der Waals surface area contributed by atoms with Crippen LogP contribution >= 0.6 is 11.8 Å². The molecule has 0 aromatic heterocycles. The van der Waals surface area contributed by atoms with Crippen LogP contribution in [0.2, 0.25) is 0 Å². The lowest BCUT2D eigenvalue weighted by Crippen LogP contribution is -2.51. The van der Waals surface area contributed by atoms with Crippen molar-refractivity contribution in [2.45, 2.75) is 16.9 Å². The third kappa shape index (κ3) is 2.80. The Morgan fingerprint density at radius 2 is 2.41 bits per heavy atom. The van der Waals surface area contributed by atoms with Crippen molar-refractivity contribution in [1.29, 1.82) is 0 Å². The molecule has 1 aliphatic heterocycles. The zero-order valence-electron chi connectivity index (χ0n) is 9.73. The van der Waals surface area contributed by atoms with E-state index in [1.165, 1.54) is 0 Å². The van der Waals surface area contributed by atoms with Crippen molar-refractivity contribution in [3.05, 3.63) is 24.3 Å². The number of carbonyl (C=O) groups is 1. The van der Waals surface area contributed by atoms with Gasteiger partial charge in [0.1, 0.15) is 5.54 Å². The molecule has 4 nitrogen and oxygen atoms in total. The highest BCUT2D eigenvalue weighted by molar-refractivity contribution is 7.98. The maximum atomic E-state index is 12.0. The summed E-state index contributed by atoms with van der Waals surface area (Å²) in [6.45, 7) is 0.843. The molecule has 1 atom stereocenters. The summed E-state index contributed by atoms with van der Waals surface area (Å²) in [4.78, 5) is 13.1. The molecule has 1 aromatic carbocycles. The molecule has 0 bridgehead atoms. The number of anilines is 1. The lowest BCUT2D eigenvalue weighted by molar-refractivity contribution is -0.121. The van der Waals surface area contributed by atoms with Crippen molar-refractivity contribution in [2.75, 3.05) is 24.8 Å². The van der Waals surface area contributed by atoms with Crippen molar-refractivity contribution < 1.29 is 9.53 Å². The van der Waals surface area contributed by atoms with Crippen LogP contribution in [0.15, 0.2) is 29.2 Å².